The van der Waals surface area contributed by atoms with E-state index in [0.717, 1.165) is 0 Å². The number of carboxylic acids is 1. The van der Waals surface area contributed by atoms with E-state index in [0.29, 0.717) is 29.5 Å². The van der Waals surface area contributed by atoms with E-state index in [-0.39, 0.29) is 11.5 Å². The number of carboxylic acid groups (broad SMARTS) is 1. The van der Waals surface area contributed by atoms with Gasteiger partial charge in [-0.3, -0.25) is 4.79 Å². The van der Waals surface area contributed by atoms with E-state index in [9.17, 15) is 9.59 Å². The van der Waals surface area contributed by atoms with Gasteiger partial charge in [0.05, 0.1) is 12.2 Å². The SMILES string of the molecule is CC(C)COc1cccc(C(=O)Nc2ccc(C(=O)O)cc2)c1. The molecule has 5 heteroatoms. The van der Waals surface area contributed by atoms with Gasteiger partial charge in [0.25, 0.3) is 5.91 Å². The maximum absolute atomic E-state index is 12.2. The molecule has 2 aromatic rings. The van der Waals surface area contributed by atoms with E-state index in [1.807, 2.05) is 0 Å². The predicted octanol–water partition coefficient (Wildman–Crippen LogP) is 3.67. The number of carbonyl (C=O) groups is 2. The van der Waals surface area contributed by atoms with E-state index in [1.165, 1.54) is 12.1 Å². The van der Waals surface area contributed by atoms with Crippen molar-refractivity contribution in [3.63, 3.8) is 0 Å². The summed E-state index contributed by atoms with van der Waals surface area (Å²) in [5.41, 5.74) is 1.19. The van der Waals surface area contributed by atoms with Crippen LogP contribution in [0.2, 0.25) is 0 Å². The zero-order valence-electron chi connectivity index (χ0n) is 13.1. The second-order valence-electron chi connectivity index (χ2n) is 5.57. The average molecular weight is 313 g/mol. The Hall–Kier alpha value is -2.82. The monoisotopic (exact) mass is 313 g/mol. The molecule has 0 atom stereocenters. The zero-order chi connectivity index (χ0) is 16.8. The quantitative estimate of drug-likeness (QED) is 0.853. The molecule has 2 aromatic carbocycles. The van der Waals surface area contributed by atoms with Crippen LogP contribution in [0, 0.1) is 5.92 Å². The minimum absolute atomic E-state index is 0.173. The van der Waals surface area contributed by atoms with Gasteiger partial charge in [0, 0.05) is 11.3 Å². The third-order valence-corrected chi connectivity index (χ3v) is 3.07. The summed E-state index contributed by atoms with van der Waals surface area (Å²) < 4.78 is 5.61. The van der Waals surface area contributed by atoms with Crippen LogP contribution >= 0.6 is 0 Å². The first-order valence-electron chi connectivity index (χ1n) is 7.33. The number of hydrogen-bond acceptors (Lipinski definition) is 3. The van der Waals surface area contributed by atoms with Gasteiger partial charge < -0.3 is 15.2 Å². The average Bonchev–Trinajstić information content (AvgIpc) is 2.53. The largest absolute Gasteiger partial charge is 0.493 e. The van der Waals surface area contributed by atoms with Crippen LogP contribution in [0.5, 0.6) is 5.75 Å². The fourth-order valence-electron chi connectivity index (χ4n) is 1.89. The van der Waals surface area contributed by atoms with Gasteiger partial charge in [0.2, 0.25) is 0 Å². The minimum Gasteiger partial charge on any atom is -0.493 e. The molecule has 120 valence electrons. The summed E-state index contributed by atoms with van der Waals surface area (Å²) in [4.78, 5) is 23.0. The Morgan fingerprint density at radius 3 is 2.39 bits per heavy atom. The number of ether oxygens (including phenoxy) is 1. The lowest BCUT2D eigenvalue weighted by molar-refractivity contribution is 0.0696. The van der Waals surface area contributed by atoms with Crippen LogP contribution in [-0.4, -0.2) is 23.6 Å². The maximum Gasteiger partial charge on any atom is 0.335 e. The molecule has 0 saturated carbocycles. The molecule has 0 aliphatic rings. The first-order valence-corrected chi connectivity index (χ1v) is 7.33. The van der Waals surface area contributed by atoms with Crippen molar-refractivity contribution < 1.29 is 19.4 Å². The fourth-order valence-corrected chi connectivity index (χ4v) is 1.89. The van der Waals surface area contributed by atoms with Crippen molar-refractivity contribution in [2.45, 2.75) is 13.8 Å². The van der Waals surface area contributed by atoms with Crippen LogP contribution in [0.4, 0.5) is 5.69 Å². The van der Waals surface area contributed by atoms with Crippen molar-refractivity contribution in [2.75, 3.05) is 11.9 Å². The normalized spacial score (nSPS) is 10.4. The molecule has 0 fully saturated rings. The molecular weight excluding hydrogens is 294 g/mol. The summed E-state index contributed by atoms with van der Waals surface area (Å²) in [6.07, 6.45) is 0. The van der Waals surface area contributed by atoms with Gasteiger partial charge in [-0.25, -0.2) is 4.79 Å². The molecule has 0 radical (unpaired) electrons. The summed E-state index contributed by atoms with van der Waals surface area (Å²) in [6.45, 7) is 4.69. The van der Waals surface area contributed by atoms with E-state index >= 15 is 0 Å². The van der Waals surface area contributed by atoms with E-state index in [2.05, 4.69) is 19.2 Å². The zero-order valence-corrected chi connectivity index (χ0v) is 13.1. The van der Waals surface area contributed by atoms with Crippen LogP contribution in [0.25, 0.3) is 0 Å². The topological polar surface area (TPSA) is 75.6 Å². The van der Waals surface area contributed by atoms with Crippen LogP contribution in [0.15, 0.2) is 48.5 Å². The Morgan fingerprint density at radius 1 is 1.09 bits per heavy atom. The number of anilines is 1. The van der Waals surface area contributed by atoms with Gasteiger partial charge >= 0.3 is 5.97 Å². The molecular formula is C18H19NO4. The van der Waals surface area contributed by atoms with Crippen molar-refractivity contribution >= 4 is 17.6 Å². The number of nitrogens with one attached hydrogen (secondary N) is 1. The van der Waals surface area contributed by atoms with Crippen LogP contribution in [0.1, 0.15) is 34.6 Å². The number of carbonyl (C=O) groups excluding carboxylic acids is 1. The Kier molecular flexibility index (Phi) is 5.36. The Bertz CT molecular complexity index is 692. The lowest BCUT2D eigenvalue weighted by atomic mass is 10.1. The standard InChI is InChI=1S/C18H19NO4/c1-12(2)11-23-16-5-3-4-14(10-16)17(20)19-15-8-6-13(7-9-15)18(21)22/h3-10,12H,11H2,1-2H3,(H,19,20)(H,21,22). The number of hydrogen-bond donors (Lipinski definition) is 2. The summed E-state index contributed by atoms with van der Waals surface area (Å²) >= 11 is 0. The second-order valence-corrected chi connectivity index (χ2v) is 5.57. The molecule has 2 rings (SSSR count). The van der Waals surface area contributed by atoms with E-state index < -0.39 is 5.97 Å². The van der Waals surface area contributed by atoms with Crippen LogP contribution in [-0.2, 0) is 0 Å². The fraction of sp³-hybridized carbons (Fsp3) is 0.222. The number of aromatic carboxylic acids is 1. The summed E-state index contributed by atoms with van der Waals surface area (Å²) in [5, 5.41) is 11.6. The van der Waals surface area contributed by atoms with Crippen molar-refractivity contribution in [1.29, 1.82) is 0 Å². The highest BCUT2D eigenvalue weighted by molar-refractivity contribution is 6.04. The summed E-state index contributed by atoms with van der Waals surface area (Å²) in [5.74, 6) is -0.228. The van der Waals surface area contributed by atoms with Crippen molar-refractivity contribution in [3.8, 4) is 5.75 Å². The van der Waals surface area contributed by atoms with Crippen LogP contribution < -0.4 is 10.1 Å². The third-order valence-electron chi connectivity index (χ3n) is 3.07. The van der Waals surface area contributed by atoms with Gasteiger partial charge in [-0.15, -0.1) is 0 Å². The van der Waals surface area contributed by atoms with E-state index in [1.54, 1.807) is 36.4 Å². The Labute approximate surface area is 134 Å². The molecule has 0 bridgehead atoms. The highest BCUT2D eigenvalue weighted by Gasteiger charge is 2.09. The van der Waals surface area contributed by atoms with Gasteiger partial charge in [-0.1, -0.05) is 19.9 Å². The second kappa shape index (κ2) is 7.45. The number of rotatable bonds is 6. The lowest BCUT2D eigenvalue weighted by Gasteiger charge is -2.10. The lowest BCUT2D eigenvalue weighted by Crippen LogP contribution is -2.12. The minimum atomic E-state index is -1.00. The van der Waals surface area contributed by atoms with E-state index in [4.69, 9.17) is 9.84 Å². The predicted molar refractivity (Wildman–Crippen MR) is 88.1 cm³/mol. The smallest absolute Gasteiger partial charge is 0.335 e. The third kappa shape index (κ3) is 4.85. The van der Waals surface area contributed by atoms with Gasteiger partial charge in [0.15, 0.2) is 0 Å². The van der Waals surface area contributed by atoms with Gasteiger partial charge in [-0.2, -0.15) is 0 Å². The van der Waals surface area contributed by atoms with Gasteiger partial charge in [-0.05, 0) is 48.4 Å². The first kappa shape index (κ1) is 16.5. The molecule has 0 unspecified atom stereocenters. The number of benzene rings is 2. The molecule has 0 saturated heterocycles. The molecule has 5 nitrogen and oxygen atoms in total. The Morgan fingerprint density at radius 2 is 1.78 bits per heavy atom. The molecule has 0 heterocycles. The molecule has 2 N–H and O–H groups in total. The molecule has 1 amide bonds. The molecule has 0 aliphatic heterocycles. The highest BCUT2D eigenvalue weighted by atomic mass is 16.5. The molecule has 23 heavy (non-hydrogen) atoms. The van der Waals surface area contributed by atoms with Gasteiger partial charge in [0.1, 0.15) is 5.75 Å². The summed E-state index contributed by atoms with van der Waals surface area (Å²) in [7, 11) is 0. The summed E-state index contributed by atoms with van der Waals surface area (Å²) in [6, 6.07) is 13.0. The van der Waals surface area contributed by atoms with Crippen molar-refractivity contribution in [1.82, 2.24) is 0 Å². The highest BCUT2D eigenvalue weighted by Crippen LogP contribution is 2.16. The van der Waals surface area contributed by atoms with Crippen molar-refractivity contribution in [2.24, 2.45) is 5.92 Å². The maximum atomic E-state index is 12.2. The molecule has 0 spiro atoms. The number of amides is 1. The Balaban J connectivity index is 2.05. The first-order chi connectivity index (χ1) is 11.0. The van der Waals surface area contributed by atoms with Crippen LogP contribution in [0.3, 0.4) is 0 Å². The molecule has 0 aromatic heterocycles. The molecule has 0 aliphatic carbocycles. The van der Waals surface area contributed by atoms with Crippen molar-refractivity contribution in [3.05, 3.63) is 59.7 Å².